The van der Waals surface area contributed by atoms with E-state index >= 15 is 0 Å². The maximum absolute atomic E-state index is 12.6. The van der Waals surface area contributed by atoms with Crippen molar-refractivity contribution in [2.24, 2.45) is 11.8 Å². The summed E-state index contributed by atoms with van der Waals surface area (Å²) >= 11 is 12.5. The third kappa shape index (κ3) is 4.87. The first kappa shape index (κ1) is 22.5. The fraction of sp³-hybridized carbons (Fsp3) is 0.333. The minimum Gasteiger partial charge on any atom is -0.481 e. The Labute approximate surface area is 197 Å². The summed E-state index contributed by atoms with van der Waals surface area (Å²) in [6.07, 6.45) is 4.54. The molecule has 1 heterocycles. The molecule has 0 radical (unpaired) electrons. The lowest BCUT2D eigenvalue weighted by atomic mass is 9.82. The number of allylic oxidation sites excluding steroid dienone is 2. The Morgan fingerprint density at radius 3 is 2.16 bits per heavy atom. The lowest BCUT2D eigenvalue weighted by Gasteiger charge is -2.37. The standard InChI is InChI=1S/C24H25Cl2N3O3/c25-20-6-3-7-21(22(20)26)29-14-12-28(13-15-29)17-10-8-16(9-11-17)27-23(30)18-4-1-2-5-19(18)24(31)32/h1-3,6-11,18-19H,4-5,12-15H2,(H,27,30)(H,31,32)/t18-,19+/m1/s1. The highest BCUT2D eigenvalue weighted by Gasteiger charge is 2.34. The van der Waals surface area contributed by atoms with Crippen molar-refractivity contribution in [3.05, 3.63) is 64.7 Å². The van der Waals surface area contributed by atoms with Crippen LogP contribution in [0.2, 0.25) is 10.0 Å². The maximum Gasteiger partial charge on any atom is 0.307 e. The number of hydrogen-bond donors (Lipinski definition) is 2. The summed E-state index contributed by atoms with van der Waals surface area (Å²) in [5.41, 5.74) is 2.69. The fourth-order valence-corrected chi connectivity index (χ4v) is 4.72. The van der Waals surface area contributed by atoms with Gasteiger partial charge in [0.1, 0.15) is 0 Å². The molecular weight excluding hydrogens is 449 g/mol. The summed E-state index contributed by atoms with van der Waals surface area (Å²) in [6.45, 7) is 3.32. The molecule has 0 saturated carbocycles. The lowest BCUT2D eigenvalue weighted by molar-refractivity contribution is -0.146. The monoisotopic (exact) mass is 473 g/mol. The van der Waals surface area contributed by atoms with E-state index in [4.69, 9.17) is 23.2 Å². The fourth-order valence-electron chi connectivity index (χ4n) is 4.31. The van der Waals surface area contributed by atoms with Crippen LogP contribution in [-0.4, -0.2) is 43.2 Å². The Kier molecular flexibility index (Phi) is 6.92. The number of hydrogen-bond acceptors (Lipinski definition) is 4. The summed E-state index contributed by atoms with van der Waals surface area (Å²) in [5, 5.41) is 13.4. The molecule has 1 fully saturated rings. The van der Waals surface area contributed by atoms with Crippen molar-refractivity contribution in [1.82, 2.24) is 0 Å². The normalized spacial score (nSPS) is 20.8. The van der Waals surface area contributed by atoms with Crippen molar-refractivity contribution in [2.75, 3.05) is 41.3 Å². The number of carbonyl (C=O) groups excluding carboxylic acids is 1. The summed E-state index contributed by atoms with van der Waals surface area (Å²) in [6, 6.07) is 13.4. The van der Waals surface area contributed by atoms with Crippen molar-refractivity contribution in [2.45, 2.75) is 12.8 Å². The molecule has 2 aromatic rings. The van der Waals surface area contributed by atoms with Gasteiger partial charge in [-0.05, 0) is 49.2 Å². The molecule has 8 heteroatoms. The van der Waals surface area contributed by atoms with Crippen LogP contribution in [0.3, 0.4) is 0 Å². The molecule has 0 spiro atoms. The number of benzene rings is 2. The topological polar surface area (TPSA) is 72.9 Å². The van der Waals surface area contributed by atoms with E-state index in [2.05, 4.69) is 15.1 Å². The van der Waals surface area contributed by atoms with Crippen LogP contribution >= 0.6 is 23.2 Å². The van der Waals surface area contributed by atoms with Gasteiger partial charge < -0.3 is 20.2 Å². The molecule has 1 aliphatic heterocycles. The third-order valence-corrected chi connectivity index (χ3v) is 6.95. The largest absolute Gasteiger partial charge is 0.481 e. The average molecular weight is 474 g/mol. The number of carboxylic acid groups (broad SMARTS) is 1. The molecule has 2 N–H and O–H groups in total. The number of carbonyl (C=O) groups is 2. The van der Waals surface area contributed by atoms with Gasteiger partial charge in [0.15, 0.2) is 0 Å². The SMILES string of the molecule is O=C(O)[C@H]1CC=CC[C@H]1C(=O)Nc1ccc(N2CCN(c3cccc(Cl)c3Cl)CC2)cc1. The van der Waals surface area contributed by atoms with Crippen molar-refractivity contribution < 1.29 is 14.7 Å². The number of nitrogens with one attached hydrogen (secondary N) is 1. The van der Waals surface area contributed by atoms with E-state index in [1.165, 1.54) is 0 Å². The molecule has 32 heavy (non-hydrogen) atoms. The second-order valence-corrected chi connectivity index (χ2v) is 8.86. The van der Waals surface area contributed by atoms with Gasteiger partial charge in [-0.25, -0.2) is 0 Å². The van der Waals surface area contributed by atoms with E-state index in [-0.39, 0.29) is 5.91 Å². The van der Waals surface area contributed by atoms with E-state index in [9.17, 15) is 14.7 Å². The van der Waals surface area contributed by atoms with Crippen LogP contribution in [0.4, 0.5) is 17.1 Å². The molecule has 1 aliphatic carbocycles. The summed E-state index contributed by atoms with van der Waals surface area (Å²) in [4.78, 5) is 28.6. The molecule has 0 aromatic heterocycles. The van der Waals surface area contributed by atoms with E-state index in [0.717, 1.165) is 37.6 Å². The van der Waals surface area contributed by atoms with Crippen LogP contribution in [-0.2, 0) is 9.59 Å². The van der Waals surface area contributed by atoms with E-state index in [1.54, 1.807) is 6.07 Å². The van der Waals surface area contributed by atoms with Gasteiger partial charge in [-0.3, -0.25) is 9.59 Å². The average Bonchev–Trinajstić information content (AvgIpc) is 2.81. The van der Waals surface area contributed by atoms with Crippen molar-refractivity contribution in [3.63, 3.8) is 0 Å². The predicted molar refractivity (Wildman–Crippen MR) is 129 cm³/mol. The number of piperazine rings is 1. The first-order valence-corrected chi connectivity index (χ1v) is 11.4. The molecule has 4 rings (SSSR count). The Hall–Kier alpha value is -2.70. The number of halogens is 2. The van der Waals surface area contributed by atoms with Crippen LogP contribution in [0.1, 0.15) is 12.8 Å². The number of carboxylic acids is 1. The zero-order valence-electron chi connectivity index (χ0n) is 17.5. The van der Waals surface area contributed by atoms with Gasteiger partial charge in [0.2, 0.25) is 5.91 Å². The van der Waals surface area contributed by atoms with Gasteiger partial charge >= 0.3 is 5.97 Å². The van der Waals surface area contributed by atoms with Crippen LogP contribution in [0.25, 0.3) is 0 Å². The van der Waals surface area contributed by atoms with Gasteiger partial charge in [0, 0.05) is 37.6 Å². The Morgan fingerprint density at radius 1 is 0.875 bits per heavy atom. The molecular formula is C24H25Cl2N3O3. The van der Waals surface area contributed by atoms with Gasteiger partial charge in [-0.2, -0.15) is 0 Å². The van der Waals surface area contributed by atoms with E-state index in [1.807, 2.05) is 48.6 Å². The number of rotatable bonds is 5. The van der Waals surface area contributed by atoms with Gasteiger partial charge in [-0.1, -0.05) is 41.4 Å². The van der Waals surface area contributed by atoms with Crippen LogP contribution in [0.5, 0.6) is 0 Å². The zero-order valence-corrected chi connectivity index (χ0v) is 19.0. The number of anilines is 3. The summed E-state index contributed by atoms with van der Waals surface area (Å²) < 4.78 is 0. The minimum atomic E-state index is -0.928. The predicted octanol–water partition coefficient (Wildman–Crippen LogP) is 4.93. The highest BCUT2D eigenvalue weighted by Crippen LogP contribution is 2.33. The van der Waals surface area contributed by atoms with Crippen molar-refractivity contribution in [3.8, 4) is 0 Å². The van der Waals surface area contributed by atoms with Gasteiger partial charge in [-0.15, -0.1) is 0 Å². The smallest absolute Gasteiger partial charge is 0.307 e. The highest BCUT2D eigenvalue weighted by atomic mass is 35.5. The van der Waals surface area contributed by atoms with E-state index < -0.39 is 17.8 Å². The third-order valence-electron chi connectivity index (χ3n) is 6.14. The minimum absolute atomic E-state index is 0.249. The molecule has 2 aliphatic rings. The molecule has 2 atom stereocenters. The molecule has 0 bridgehead atoms. The molecule has 1 saturated heterocycles. The molecule has 6 nitrogen and oxygen atoms in total. The quantitative estimate of drug-likeness (QED) is 0.602. The Balaban J connectivity index is 1.35. The summed E-state index contributed by atoms with van der Waals surface area (Å²) in [5.74, 6) is -2.41. The number of nitrogens with zero attached hydrogens (tertiary/aromatic N) is 2. The van der Waals surface area contributed by atoms with Crippen molar-refractivity contribution >= 4 is 52.1 Å². The van der Waals surface area contributed by atoms with Gasteiger partial charge in [0.25, 0.3) is 0 Å². The first-order valence-electron chi connectivity index (χ1n) is 10.7. The second kappa shape index (κ2) is 9.84. The second-order valence-electron chi connectivity index (χ2n) is 8.08. The van der Waals surface area contributed by atoms with Crippen LogP contribution in [0, 0.1) is 11.8 Å². The molecule has 1 amide bonds. The van der Waals surface area contributed by atoms with Gasteiger partial charge in [0.05, 0.1) is 27.6 Å². The highest BCUT2D eigenvalue weighted by molar-refractivity contribution is 6.43. The van der Waals surface area contributed by atoms with Crippen molar-refractivity contribution in [1.29, 1.82) is 0 Å². The van der Waals surface area contributed by atoms with Crippen LogP contribution in [0.15, 0.2) is 54.6 Å². The van der Waals surface area contributed by atoms with Crippen LogP contribution < -0.4 is 15.1 Å². The maximum atomic E-state index is 12.6. The zero-order chi connectivity index (χ0) is 22.7. The first-order chi connectivity index (χ1) is 15.4. The lowest BCUT2D eigenvalue weighted by Crippen LogP contribution is -2.46. The number of amides is 1. The molecule has 0 unspecified atom stereocenters. The summed E-state index contributed by atoms with van der Waals surface area (Å²) in [7, 11) is 0. The van der Waals surface area contributed by atoms with E-state index in [0.29, 0.717) is 28.6 Å². The Bertz CT molecular complexity index is 1020. The molecule has 168 valence electrons. The molecule has 2 aromatic carbocycles. The number of aliphatic carboxylic acids is 1. The Morgan fingerprint density at radius 2 is 1.50 bits per heavy atom.